The average Bonchev–Trinajstić information content (AvgIpc) is 1.79. The minimum absolute atomic E-state index is 0. The van der Waals surface area contributed by atoms with E-state index in [9.17, 15) is 13.0 Å². The summed E-state index contributed by atoms with van der Waals surface area (Å²) in [6, 6.07) is 0. The molecule has 1 atom stereocenters. The van der Waals surface area contributed by atoms with Crippen LogP contribution in [0.15, 0.2) is 0 Å². The summed E-state index contributed by atoms with van der Waals surface area (Å²) in [5, 5.41) is 8.94. The van der Waals surface area contributed by atoms with E-state index in [1.165, 1.54) is 0 Å². The first-order valence-electron chi connectivity index (χ1n) is 3.57. The van der Waals surface area contributed by atoms with E-state index < -0.39 is 22.0 Å². The zero-order valence-electron chi connectivity index (χ0n) is 7.49. The molecular formula is C6H13NaO4S. The Morgan fingerprint density at radius 2 is 2.00 bits per heavy atom. The molecule has 0 aromatic heterocycles. The van der Waals surface area contributed by atoms with Crippen molar-refractivity contribution in [1.29, 1.82) is 0 Å². The fourth-order valence-corrected chi connectivity index (χ4v) is 1.40. The third-order valence-electron chi connectivity index (χ3n) is 1.29. The van der Waals surface area contributed by atoms with Gasteiger partial charge in [-0.3, -0.25) is 0 Å². The minimum Gasteiger partial charge on any atom is -0.748 e. The van der Waals surface area contributed by atoms with E-state index in [4.69, 9.17) is 5.11 Å². The molecule has 68 valence electrons. The van der Waals surface area contributed by atoms with Crippen molar-refractivity contribution >= 4 is 10.1 Å². The molecule has 0 saturated carbocycles. The second kappa shape index (κ2) is 7.29. The molecule has 0 saturated heterocycles. The number of rotatable bonds is 5. The first kappa shape index (κ1) is 15.3. The molecule has 0 bridgehead atoms. The molecule has 0 spiro atoms. The summed E-state index contributed by atoms with van der Waals surface area (Å²) in [6.07, 6.45) is 1.03. The van der Waals surface area contributed by atoms with Gasteiger partial charge in [-0.1, -0.05) is 19.8 Å². The van der Waals surface area contributed by atoms with Crippen molar-refractivity contribution in [2.45, 2.75) is 32.3 Å². The third-order valence-corrected chi connectivity index (χ3v) is 2.08. The predicted molar refractivity (Wildman–Crippen MR) is 40.1 cm³/mol. The molecule has 0 aromatic carbocycles. The van der Waals surface area contributed by atoms with Crippen molar-refractivity contribution < 1.29 is 47.6 Å². The molecule has 12 heavy (non-hydrogen) atoms. The number of aliphatic hydroxyl groups is 1. The molecule has 1 unspecified atom stereocenters. The van der Waals surface area contributed by atoms with E-state index in [1.807, 2.05) is 6.92 Å². The van der Waals surface area contributed by atoms with Crippen LogP contribution in [0.2, 0.25) is 0 Å². The Hall–Kier alpha value is 0.870. The Morgan fingerprint density at radius 1 is 1.50 bits per heavy atom. The summed E-state index contributed by atoms with van der Waals surface area (Å²) in [5.74, 6) is -0.660. The van der Waals surface area contributed by atoms with Gasteiger partial charge >= 0.3 is 29.6 Å². The first-order valence-corrected chi connectivity index (χ1v) is 5.15. The predicted octanol–water partition coefficient (Wildman–Crippen LogP) is -2.91. The van der Waals surface area contributed by atoms with Gasteiger partial charge in [-0.2, -0.15) is 0 Å². The molecule has 0 fully saturated rings. The normalized spacial score (nSPS) is 13.6. The second-order valence-corrected chi connectivity index (χ2v) is 3.97. The van der Waals surface area contributed by atoms with E-state index in [2.05, 4.69) is 0 Å². The largest absolute Gasteiger partial charge is 1.00 e. The van der Waals surface area contributed by atoms with Crippen molar-refractivity contribution in [3.63, 3.8) is 0 Å². The van der Waals surface area contributed by atoms with Crippen molar-refractivity contribution in [1.82, 2.24) is 0 Å². The summed E-state index contributed by atoms with van der Waals surface area (Å²) >= 11 is 0. The van der Waals surface area contributed by atoms with Gasteiger partial charge in [0.15, 0.2) is 0 Å². The van der Waals surface area contributed by atoms with Crippen LogP contribution in [0.4, 0.5) is 0 Å². The SMILES string of the molecule is CCCCC(O)CS(=O)(=O)[O-].[Na+]. The molecule has 0 aliphatic heterocycles. The summed E-state index contributed by atoms with van der Waals surface area (Å²) in [6.45, 7) is 1.93. The molecule has 0 amide bonds. The van der Waals surface area contributed by atoms with E-state index in [0.717, 1.165) is 12.8 Å². The topological polar surface area (TPSA) is 77.4 Å². The molecule has 0 aliphatic rings. The van der Waals surface area contributed by atoms with Crippen LogP contribution in [-0.4, -0.2) is 29.9 Å². The number of unbranched alkanes of at least 4 members (excludes halogenated alkanes) is 1. The van der Waals surface area contributed by atoms with Gasteiger partial charge in [0.1, 0.15) is 0 Å². The van der Waals surface area contributed by atoms with E-state index in [-0.39, 0.29) is 29.6 Å². The van der Waals surface area contributed by atoms with Crippen LogP contribution in [0.3, 0.4) is 0 Å². The van der Waals surface area contributed by atoms with Gasteiger partial charge in [-0.05, 0) is 6.42 Å². The fourth-order valence-electron chi connectivity index (χ4n) is 0.759. The van der Waals surface area contributed by atoms with Crippen LogP contribution in [-0.2, 0) is 10.1 Å². The van der Waals surface area contributed by atoms with Crippen LogP contribution >= 0.6 is 0 Å². The third kappa shape index (κ3) is 10.9. The molecule has 0 rings (SSSR count). The Labute approximate surface area is 95.4 Å². The molecule has 0 radical (unpaired) electrons. The summed E-state index contributed by atoms with van der Waals surface area (Å²) in [5.41, 5.74) is 0. The van der Waals surface area contributed by atoms with Crippen molar-refractivity contribution in [3.8, 4) is 0 Å². The monoisotopic (exact) mass is 204 g/mol. The van der Waals surface area contributed by atoms with Gasteiger partial charge in [-0.15, -0.1) is 0 Å². The minimum atomic E-state index is -4.25. The van der Waals surface area contributed by atoms with Gasteiger partial charge in [0, 0.05) is 0 Å². The van der Waals surface area contributed by atoms with Crippen LogP contribution in [0.5, 0.6) is 0 Å². The smallest absolute Gasteiger partial charge is 0.748 e. The summed E-state index contributed by atoms with van der Waals surface area (Å²) in [4.78, 5) is 0. The van der Waals surface area contributed by atoms with Crippen LogP contribution in [0, 0.1) is 0 Å². The second-order valence-electron chi connectivity index (χ2n) is 2.52. The molecule has 0 aliphatic carbocycles. The van der Waals surface area contributed by atoms with Gasteiger partial charge in [0.25, 0.3) is 0 Å². The number of hydrogen-bond acceptors (Lipinski definition) is 4. The fraction of sp³-hybridized carbons (Fsp3) is 1.00. The zero-order chi connectivity index (χ0) is 8.91. The van der Waals surface area contributed by atoms with Crippen molar-refractivity contribution in [2.75, 3.05) is 5.75 Å². The van der Waals surface area contributed by atoms with Crippen LogP contribution in [0.1, 0.15) is 26.2 Å². The standard InChI is InChI=1S/C6H14O4S.Na/c1-2-3-4-6(7)5-11(8,9)10;/h6-7H,2-5H2,1H3,(H,8,9,10);/q;+1/p-1. The zero-order valence-corrected chi connectivity index (χ0v) is 10.3. The van der Waals surface area contributed by atoms with Crippen molar-refractivity contribution in [2.24, 2.45) is 0 Å². The van der Waals surface area contributed by atoms with E-state index in [0.29, 0.717) is 6.42 Å². The quantitative estimate of drug-likeness (QED) is 0.384. The maximum atomic E-state index is 10.1. The van der Waals surface area contributed by atoms with Gasteiger partial charge in [0.05, 0.1) is 22.0 Å². The average molecular weight is 204 g/mol. The van der Waals surface area contributed by atoms with E-state index in [1.54, 1.807) is 0 Å². The Balaban J connectivity index is 0. The molecule has 6 heteroatoms. The molecule has 0 heterocycles. The van der Waals surface area contributed by atoms with Gasteiger partial charge in [-0.25, -0.2) is 8.42 Å². The summed E-state index contributed by atoms with van der Waals surface area (Å²) in [7, 11) is -4.25. The molecule has 4 nitrogen and oxygen atoms in total. The van der Waals surface area contributed by atoms with Crippen molar-refractivity contribution in [3.05, 3.63) is 0 Å². The van der Waals surface area contributed by atoms with Gasteiger partial charge in [0.2, 0.25) is 0 Å². The molecule has 1 N–H and O–H groups in total. The maximum absolute atomic E-state index is 10.1. The van der Waals surface area contributed by atoms with Gasteiger partial charge < -0.3 is 9.66 Å². The number of aliphatic hydroxyl groups excluding tert-OH is 1. The molecular weight excluding hydrogens is 191 g/mol. The van der Waals surface area contributed by atoms with E-state index >= 15 is 0 Å². The number of hydrogen-bond donors (Lipinski definition) is 1. The van der Waals surface area contributed by atoms with Crippen LogP contribution < -0.4 is 29.6 Å². The van der Waals surface area contributed by atoms with Crippen LogP contribution in [0.25, 0.3) is 0 Å². The Morgan fingerprint density at radius 3 is 2.33 bits per heavy atom. The Kier molecular flexibility index (Phi) is 9.32. The first-order chi connectivity index (χ1) is 4.95. The summed E-state index contributed by atoms with van der Waals surface area (Å²) < 4.78 is 30.3. The Bertz CT molecular complexity index is 190. The maximum Gasteiger partial charge on any atom is 1.00 e. The molecule has 0 aromatic rings.